The summed E-state index contributed by atoms with van der Waals surface area (Å²) in [6.07, 6.45) is -6.52. The molecule has 2 aromatic carbocycles. The molecule has 44 heavy (non-hydrogen) atoms. The van der Waals surface area contributed by atoms with Crippen molar-refractivity contribution in [2.75, 3.05) is 13.7 Å². The predicted molar refractivity (Wildman–Crippen MR) is 155 cm³/mol. The summed E-state index contributed by atoms with van der Waals surface area (Å²) in [6.45, 7) is 8.72. The number of halogens is 3. The molecule has 0 saturated carbocycles. The van der Waals surface area contributed by atoms with Crippen LogP contribution in [0.1, 0.15) is 69.1 Å². The number of fused-ring (bicyclic) bond motifs is 3. The molecule has 12 heteroatoms. The zero-order valence-corrected chi connectivity index (χ0v) is 25.4. The lowest BCUT2D eigenvalue weighted by Crippen LogP contribution is -2.47. The summed E-state index contributed by atoms with van der Waals surface area (Å²) < 4.78 is 65.0. The van der Waals surface area contributed by atoms with Gasteiger partial charge in [0.05, 0.1) is 31.2 Å². The van der Waals surface area contributed by atoms with Crippen LogP contribution in [0.3, 0.4) is 0 Å². The highest BCUT2D eigenvalue weighted by atomic mass is 19.4. The normalized spacial score (nSPS) is 19.5. The minimum Gasteiger partial charge on any atom is -0.489 e. The molecule has 2 aliphatic heterocycles. The van der Waals surface area contributed by atoms with E-state index in [0.717, 1.165) is 17.6 Å². The summed E-state index contributed by atoms with van der Waals surface area (Å²) in [6, 6.07) is 12.3. The summed E-state index contributed by atoms with van der Waals surface area (Å²) in [4.78, 5) is 44.2. The lowest BCUT2D eigenvalue weighted by Gasteiger charge is -2.36. The third kappa shape index (κ3) is 6.74. The number of Topliss-reactive ketones (excluding diaryl/α,β-unsaturated/α-hetero) is 1. The van der Waals surface area contributed by atoms with Crippen LogP contribution in [-0.2, 0) is 27.1 Å². The number of pyridine rings is 1. The maximum Gasteiger partial charge on any atom is 0.437 e. The van der Waals surface area contributed by atoms with Crippen LogP contribution in [0.15, 0.2) is 48.5 Å². The molecule has 2 aliphatic rings. The van der Waals surface area contributed by atoms with E-state index in [4.69, 9.17) is 18.9 Å². The Labute approximate surface area is 253 Å². The number of benzene rings is 2. The largest absolute Gasteiger partial charge is 0.489 e. The van der Waals surface area contributed by atoms with E-state index in [1.165, 1.54) is 18.2 Å². The Kier molecular flexibility index (Phi) is 9.13. The first kappa shape index (κ1) is 32.6. The fourth-order valence-corrected chi connectivity index (χ4v) is 5.27. The first-order valence-corrected chi connectivity index (χ1v) is 14.2. The van der Waals surface area contributed by atoms with Crippen molar-refractivity contribution in [1.29, 1.82) is 0 Å². The van der Waals surface area contributed by atoms with Crippen LogP contribution in [0.25, 0.3) is 10.9 Å². The molecule has 0 radical (unpaired) electrons. The zero-order valence-electron chi connectivity index (χ0n) is 25.4. The zero-order chi connectivity index (χ0) is 32.4. The van der Waals surface area contributed by atoms with E-state index in [2.05, 4.69) is 4.98 Å². The third-order valence-electron chi connectivity index (χ3n) is 7.01. The van der Waals surface area contributed by atoms with Gasteiger partial charge in [-0.15, -0.1) is 0 Å². The van der Waals surface area contributed by atoms with E-state index >= 15 is 0 Å². The van der Waals surface area contributed by atoms with Gasteiger partial charge in [-0.25, -0.2) is 14.6 Å². The standard InChI is InChI=1S/C30H29F3N2O7.C2H6/c1-28(2,3)42-27(38)35-16-29(13-21(35)26(37)39-4)14-22(36)23-19-12-18(40-15-17-8-6-5-7-9-17)10-11-20(19)34-25(24(23)41-29)30(31,32)33;1-2/h5-12,21H,13-16H2,1-4H3;1-2H3. The molecular weight excluding hydrogens is 581 g/mol. The summed E-state index contributed by atoms with van der Waals surface area (Å²) in [5, 5.41) is 0.134. The van der Waals surface area contributed by atoms with Crippen molar-refractivity contribution in [2.45, 2.75) is 77.5 Å². The molecule has 0 aliphatic carbocycles. The van der Waals surface area contributed by atoms with Gasteiger partial charge in [0.2, 0.25) is 0 Å². The van der Waals surface area contributed by atoms with Crippen LogP contribution in [0.4, 0.5) is 18.0 Å². The molecule has 236 valence electrons. The van der Waals surface area contributed by atoms with Crippen molar-refractivity contribution in [2.24, 2.45) is 0 Å². The van der Waals surface area contributed by atoms with E-state index in [1.807, 2.05) is 44.2 Å². The molecule has 1 spiro atoms. The highest BCUT2D eigenvalue weighted by Crippen LogP contribution is 2.48. The smallest absolute Gasteiger partial charge is 0.437 e. The van der Waals surface area contributed by atoms with E-state index in [0.29, 0.717) is 5.75 Å². The van der Waals surface area contributed by atoms with E-state index < -0.39 is 59.1 Å². The van der Waals surface area contributed by atoms with Gasteiger partial charge in [0.25, 0.3) is 0 Å². The second-order valence-electron chi connectivity index (χ2n) is 11.4. The second-order valence-corrected chi connectivity index (χ2v) is 11.4. The molecule has 5 rings (SSSR count). The Morgan fingerprint density at radius 1 is 1.09 bits per heavy atom. The van der Waals surface area contributed by atoms with Gasteiger partial charge < -0.3 is 18.9 Å². The molecule has 3 aromatic rings. The number of ether oxygens (including phenoxy) is 4. The Balaban J connectivity index is 0.00000216. The molecule has 2 unspecified atom stereocenters. The second kappa shape index (κ2) is 12.3. The molecule has 0 N–H and O–H groups in total. The van der Waals surface area contributed by atoms with E-state index in [1.54, 1.807) is 20.8 Å². The fourth-order valence-electron chi connectivity index (χ4n) is 5.27. The number of alkyl halides is 3. The monoisotopic (exact) mass is 616 g/mol. The Hall–Kier alpha value is -4.35. The fraction of sp³-hybridized carbons (Fsp3) is 0.438. The van der Waals surface area contributed by atoms with Crippen LogP contribution in [0.5, 0.6) is 11.5 Å². The number of hydrogen-bond donors (Lipinski definition) is 0. The van der Waals surface area contributed by atoms with Crippen LogP contribution in [-0.4, -0.2) is 58.6 Å². The molecule has 0 bridgehead atoms. The first-order chi connectivity index (χ1) is 20.7. The Morgan fingerprint density at radius 3 is 2.39 bits per heavy atom. The number of methoxy groups -OCH3 is 1. The van der Waals surface area contributed by atoms with Crippen LogP contribution >= 0.6 is 0 Å². The molecule has 1 saturated heterocycles. The number of amides is 1. The lowest BCUT2D eigenvalue weighted by atomic mass is 9.86. The molecule has 3 heterocycles. The van der Waals surface area contributed by atoms with Crippen LogP contribution in [0, 0.1) is 0 Å². The lowest BCUT2D eigenvalue weighted by molar-refractivity contribution is -0.146. The average molecular weight is 617 g/mol. The van der Waals surface area contributed by atoms with Gasteiger partial charge >= 0.3 is 18.2 Å². The van der Waals surface area contributed by atoms with Gasteiger partial charge in [0, 0.05) is 11.8 Å². The molecule has 1 fully saturated rings. The number of esters is 1. The summed E-state index contributed by atoms with van der Waals surface area (Å²) in [7, 11) is 1.12. The highest BCUT2D eigenvalue weighted by molar-refractivity contribution is 6.11. The van der Waals surface area contributed by atoms with Gasteiger partial charge in [-0.1, -0.05) is 44.2 Å². The minimum atomic E-state index is -4.97. The summed E-state index contributed by atoms with van der Waals surface area (Å²) in [5.74, 6) is -1.89. The maximum absolute atomic E-state index is 14.3. The predicted octanol–water partition coefficient (Wildman–Crippen LogP) is 6.75. The number of carbonyl (C=O) groups excluding carboxylic acids is 3. The molecule has 9 nitrogen and oxygen atoms in total. The van der Waals surface area contributed by atoms with Crippen molar-refractivity contribution < 1.29 is 46.5 Å². The van der Waals surface area contributed by atoms with Gasteiger partial charge in [0.15, 0.2) is 17.2 Å². The van der Waals surface area contributed by atoms with Gasteiger partial charge in [-0.2, -0.15) is 13.2 Å². The minimum absolute atomic E-state index is 0.0599. The Morgan fingerprint density at radius 2 is 1.77 bits per heavy atom. The average Bonchev–Trinajstić information content (AvgIpc) is 3.33. The van der Waals surface area contributed by atoms with Gasteiger partial charge in [-0.05, 0) is 44.5 Å². The quantitative estimate of drug-likeness (QED) is 0.297. The summed E-state index contributed by atoms with van der Waals surface area (Å²) in [5.41, 5.74) is -3.40. The number of ketones is 1. The maximum atomic E-state index is 14.3. The molecule has 1 amide bonds. The van der Waals surface area contributed by atoms with Gasteiger partial charge in [0.1, 0.15) is 29.6 Å². The number of rotatable bonds is 4. The van der Waals surface area contributed by atoms with Gasteiger partial charge in [-0.3, -0.25) is 9.69 Å². The number of likely N-dealkylation sites (tertiary alicyclic amines) is 1. The number of nitrogens with zero attached hydrogens (tertiary/aromatic N) is 2. The highest BCUT2D eigenvalue weighted by Gasteiger charge is 2.56. The van der Waals surface area contributed by atoms with Crippen molar-refractivity contribution in [3.63, 3.8) is 0 Å². The van der Waals surface area contributed by atoms with Crippen LogP contribution in [0.2, 0.25) is 0 Å². The Bertz CT molecular complexity index is 1550. The van der Waals surface area contributed by atoms with Crippen molar-refractivity contribution in [3.05, 3.63) is 65.4 Å². The summed E-state index contributed by atoms with van der Waals surface area (Å²) >= 11 is 0. The number of hydrogen-bond acceptors (Lipinski definition) is 8. The topological polar surface area (TPSA) is 104 Å². The first-order valence-electron chi connectivity index (χ1n) is 14.2. The van der Waals surface area contributed by atoms with Crippen molar-refractivity contribution in [3.8, 4) is 11.5 Å². The van der Waals surface area contributed by atoms with Crippen molar-refractivity contribution >= 4 is 28.7 Å². The van der Waals surface area contributed by atoms with Crippen LogP contribution < -0.4 is 9.47 Å². The van der Waals surface area contributed by atoms with E-state index in [-0.39, 0.29) is 36.0 Å². The van der Waals surface area contributed by atoms with E-state index in [9.17, 15) is 27.6 Å². The number of carbonyl (C=O) groups is 3. The molecule has 1 aromatic heterocycles. The number of aromatic nitrogens is 1. The molecular formula is C32H35F3N2O7. The molecule has 2 atom stereocenters. The third-order valence-corrected chi connectivity index (χ3v) is 7.01. The van der Waals surface area contributed by atoms with Crippen molar-refractivity contribution in [1.82, 2.24) is 9.88 Å². The SMILES string of the molecule is CC.COC(=O)C1CC2(CC(=O)c3c(c(C(F)(F)F)nc4ccc(OCc5ccccc5)cc34)O2)CN1C(=O)OC(C)(C)C.